The maximum absolute atomic E-state index is 8.02. The van der Waals surface area contributed by atoms with Gasteiger partial charge in [-0.1, -0.05) is 291 Å². The average molecular weight is 1320 g/mol. The van der Waals surface area contributed by atoms with Gasteiger partial charge in [0.2, 0.25) is 0 Å². The molecule has 5 nitrogen and oxygen atoms in total. The third-order valence-corrected chi connectivity index (χ3v) is 22.6. The Labute approximate surface area is 606 Å². The number of ether oxygens (including phenoxy) is 1. The van der Waals surface area contributed by atoms with Crippen LogP contribution in [0.15, 0.2) is 370 Å². The first-order valence-electron chi connectivity index (χ1n) is 36.1. The molecule has 0 N–H and O–H groups in total. The Morgan fingerprint density at radius 1 is 0.183 bits per heavy atom. The van der Waals surface area contributed by atoms with E-state index in [1.165, 1.54) is 72.1 Å². The van der Waals surface area contributed by atoms with Crippen LogP contribution >= 0.6 is 0 Å². The summed E-state index contributed by atoms with van der Waals surface area (Å²) in [6.07, 6.45) is 0. The molecule has 0 spiro atoms. The lowest BCUT2D eigenvalue weighted by Gasteiger charge is -2.51. The van der Waals surface area contributed by atoms with Crippen molar-refractivity contribution in [2.45, 2.75) is 0 Å². The molecule has 16 aromatic rings. The quantitative estimate of drug-likeness (QED) is 0.134. The molecule has 0 saturated heterocycles. The number of hydrogen-bond donors (Lipinski definition) is 0. The fourth-order valence-corrected chi connectivity index (χ4v) is 18.3. The molecule has 22 rings (SSSR count). The zero-order chi connectivity index (χ0) is 68.1. The van der Waals surface area contributed by atoms with Crippen LogP contribution < -0.4 is 73.5 Å². The van der Waals surface area contributed by atoms with Crippen molar-refractivity contribution in [1.29, 1.82) is 0 Å². The van der Waals surface area contributed by atoms with Crippen molar-refractivity contribution in [3.8, 4) is 78.3 Å². The first-order chi connectivity index (χ1) is 51.6. The van der Waals surface area contributed by atoms with Crippen LogP contribution in [0.25, 0.3) is 66.8 Å². The van der Waals surface area contributed by atoms with Crippen molar-refractivity contribution >= 4 is 138 Å². The summed E-state index contributed by atoms with van der Waals surface area (Å²) in [6, 6.07) is 138. The molecule has 480 valence electrons. The highest BCUT2D eigenvalue weighted by atomic mass is 16.5. The molecule has 6 heterocycles. The van der Waals surface area contributed by atoms with Crippen molar-refractivity contribution in [3.63, 3.8) is 0 Å². The summed E-state index contributed by atoms with van der Waals surface area (Å²) in [7, 11) is 0. The largest absolute Gasteiger partial charge is 0.458 e. The fourth-order valence-electron chi connectivity index (χ4n) is 18.3. The molecule has 0 saturated carbocycles. The van der Waals surface area contributed by atoms with Crippen molar-refractivity contribution in [2.24, 2.45) is 0 Å². The van der Waals surface area contributed by atoms with Crippen LogP contribution in [0.4, 0.5) is 68.2 Å². The molecule has 0 atom stereocenters. The molecule has 6 aliphatic rings. The van der Waals surface area contributed by atoms with Crippen LogP contribution in [0.2, 0.25) is 0 Å². The number of rotatable bonds is 9. The summed E-state index contributed by atoms with van der Waals surface area (Å²) in [4.78, 5) is 10.4. The number of para-hydroxylation sites is 6. The van der Waals surface area contributed by atoms with E-state index in [0.717, 1.165) is 124 Å². The number of fused-ring (bicyclic) bond motifs is 14. The van der Waals surface area contributed by atoms with Gasteiger partial charge < -0.3 is 24.3 Å². The Morgan fingerprint density at radius 2 is 0.548 bits per heavy atom. The topological polar surface area (TPSA) is 22.2 Å². The predicted octanol–water partition coefficient (Wildman–Crippen LogP) is 18.8. The van der Waals surface area contributed by atoms with Gasteiger partial charge in [-0.05, 0) is 178 Å². The lowest BCUT2D eigenvalue weighted by atomic mass is 9.28. The molecule has 8 heteroatoms. The molecule has 0 amide bonds. The van der Waals surface area contributed by atoms with Crippen LogP contribution in [-0.4, -0.2) is 20.1 Å². The molecule has 104 heavy (non-hydrogen) atoms. The zero-order valence-corrected chi connectivity index (χ0v) is 56.6. The van der Waals surface area contributed by atoms with Gasteiger partial charge in [-0.25, -0.2) is 0 Å². The Balaban J connectivity index is 0.848. The Hall–Kier alpha value is -13.3. The molecular weight excluding hydrogens is 1260 g/mol. The number of nitrogens with zero attached hydrogens (tertiary/aromatic N) is 4. The third-order valence-electron chi connectivity index (χ3n) is 22.6. The van der Waals surface area contributed by atoms with Gasteiger partial charge in [0.25, 0.3) is 20.1 Å². The van der Waals surface area contributed by atoms with E-state index in [1.54, 1.807) is 0 Å². The maximum Gasteiger partial charge on any atom is 0.256 e. The number of anilines is 12. The predicted molar refractivity (Wildman–Crippen MR) is 438 cm³/mol. The zero-order valence-electron chi connectivity index (χ0n) is 56.6. The highest BCUT2D eigenvalue weighted by molar-refractivity contribution is 7.05. The van der Waals surface area contributed by atoms with Crippen LogP contribution in [0.1, 0.15) is 0 Å². The van der Waals surface area contributed by atoms with E-state index in [9.17, 15) is 0 Å². The SMILES string of the molecule is c1ccc(-c2ccc(-c3cc4c5c(c3)N(c3cc(-c6ccccc6)cc(-c6ccccc6)c3)c3ccccc3B5c3cc5c(cc3O4)N(c3c(-c4ccccc4)cccc3-c3ccccc3)c3cc4c6c7c3B5c3ccccc3N7c3ccccc3B6c3ccccc3N4c3ccccc3)cc2)cc1. The summed E-state index contributed by atoms with van der Waals surface area (Å²) >= 11 is 0. The van der Waals surface area contributed by atoms with Gasteiger partial charge in [-0.3, -0.25) is 0 Å². The van der Waals surface area contributed by atoms with E-state index in [0.29, 0.717) is 0 Å². The third kappa shape index (κ3) is 8.79. The molecule has 6 aliphatic heterocycles. The minimum Gasteiger partial charge on any atom is -0.458 e. The standard InChI is InChI=1S/C96H61B3N4O/c1-7-28-62(29-8-1)65-50-52-66(53-51-65)71-57-87-92-91(58-71)104-90-61-86-80(59-81(90)99(92)77-43-20-24-47-83(77)101(87)73-55-69(63-30-9-2-10-31-63)54-70(56-73)64-32-11-3-12-33-64)98-79-45-22-26-49-85(79)102-84-48-25-21-44-78(84)97-76-42-19-23-46-82(76)100(72-38-17-6-18-39-72)88-60-89(94(98)96(102)93(88)97)103(86)95-74(67-34-13-4-14-35-67)40-27-41-75(95)68-36-15-5-16-37-68/h1-61H. The summed E-state index contributed by atoms with van der Waals surface area (Å²) in [5, 5.41) is 0. The molecular formula is C96H61B3N4O. The van der Waals surface area contributed by atoms with Crippen LogP contribution in [-0.2, 0) is 0 Å². The summed E-state index contributed by atoms with van der Waals surface area (Å²) in [6.45, 7) is -0.526. The number of benzene rings is 16. The molecule has 0 bridgehead atoms. The van der Waals surface area contributed by atoms with Gasteiger partial charge in [0.1, 0.15) is 11.5 Å². The Bertz CT molecular complexity index is 6050. The highest BCUT2D eigenvalue weighted by Gasteiger charge is 2.53. The molecule has 0 aromatic heterocycles. The van der Waals surface area contributed by atoms with Crippen molar-refractivity contribution in [1.82, 2.24) is 0 Å². The van der Waals surface area contributed by atoms with E-state index in [-0.39, 0.29) is 20.1 Å². The van der Waals surface area contributed by atoms with E-state index < -0.39 is 0 Å². The van der Waals surface area contributed by atoms with Gasteiger partial charge in [-0.15, -0.1) is 0 Å². The van der Waals surface area contributed by atoms with Gasteiger partial charge >= 0.3 is 0 Å². The van der Waals surface area contributed by atoms with Crippen molar-refractivity contribution in [2.75, 3.05) is 19.6 Å². The number of hydrogen-bond acceptors (Lipinski definition) is 5. The van der Waals surface area contributed by atoms with E-state index >= 15 is 0 Å². The summed E-state index contributed by atoms with van der Waals surface area (Å²) < 4.78 is 8.02. The molecule has 0 unspecified atom stereocenters. The second-order valence-electron chi connectivity index (χ2n) is 28.1. The van der Waals surface area contributed by atoms with Crippen molar-refractivity contribution < 1.29 is 4.74 Å². The summed E-state index contributed by atoms with van der Waals surface area (Å²) in [5.74, 6) is 1.66. The van der Waals surface area contributed by atoms with Gasteiger partial charge in [0.05, 0.1) is 5.69 Å². The fraction of sp³-hybridized carbons (Fsp3) is 0. The average Bonchev–Trinajstić information content (AvgIpc) is 0.665. The Morgan fingerprint density at radius 3 is 1.06 bits per heavy atom. The first kappa shape index (κ1) is 58.5. The van der Waals surface area contributed by atoms with Crippen LogP contribution in [0.5, 0.6) is 11.5 Å². The minimum absolute atomic E-state index is 0.0662. The molecule has 0 aliphatic carbocycles. The first-order valence-corrected chi connectivity index (χ1v) is 36.1. The van der Waals surface area contributed by atoms with Gasteiger partial charge in [-0.2, -0.15) is 0 Å². The van der Waals surface area contributed by atoms with Crippen LogP contribution in [0, 0.1) is 0 Å². The minimum atomic E-state index is -0.238. The summed E-state index contributed by atoms with van der Waals surface area (Å²) in [5.41, 5.74) is 38.4. The second-order valence-corrected chi connectivity index (χ2v) is 28.1. The maximum atomic E-state index is 8.02. The second kappa shape index (κ2) is 23.1. The molecule has 16 aromatic carbocycles. The van der Waals surface area contributed by atoms with Crippen LogP contribution in [0.3, 0.4) is 0 Å². The monoisotopic (exact) mass is 1320 g/mol. The van der Waals surface area contributed by atoms with E-state index in [1.807, 2.05) is 0 Å². The Kier molecular flexibility index (Phi) is 13.0. The molecule has 0 radical (unpaired) electrons. The van der Waals surface area contributed by atoms with Crippen molar-refractivity contribution in [3.05, 3.63) is 370 Å². The highest BCUT2D eigenvalue weighted by Crippen LogP contribution is 2.55. The van der Waals surface area contributed by atoms with Gasteiger partial charge in [0, 0.05) is 79.8 Å². The smallest absolute Gasteiger partial charge is 0.256 e. The lowest BCUT2D eigenvalue weighted by Crippen LogP contribution is -2.69. The normalized spacial score (nSPS) is 13.3. The van der Waals surface area contributed by atoms with Gasteiger partial charge in [0.15, 0.2) is 0 Å². The lowest BCUT2D eigenvalue weighted by molar-refractivity contribution is 0.488. The van der Waals surface area contributed by atoms with E-state index in [2.05, 4.69) is 390 Å². The molecule has 0 fully saturated rings. The van der Waals surface area contributed by atoms with E-state index in [4.69, 9.17) is 4.74 Å².